The van der Waals surface area contributed by atoms with Crippen molar-refractivity contribution < 1.29 is 30.0 Å². The number of aromatic hydroxyl groups is 4. The molecule has 4 N–H and O–H groups in total. The molecule has 0 amide bonds. The Morgan fingerprint density at radius 1 is 0.806 bits per heavy atom. The molecule has 0 bridgehead atoms. The molecule has 36 heavy (non-hydrogen) atoms. The Balaban J connectivity index is 2.12. The average molecular weight is 493 g/mol. The van der Waals surface area contributed by atoms with Gasteiger partial charge in [0, 0.05) is 22.3 Å². The molecule has 2 aromatic rings. The van der Waals surface area contributed by atoms with Crippen molar-refractivity contribution in [3.63, 3.8) is 0 Å². The lowest BCUT2D eigenvalue weighted by molar-refractivity contribution is 0.0838. The van der Waals surface area contributed by atoms with Crippen LogP contribution in [0.3, 0.4) is 0 Å². The van der Waals surface area contributed by atoms with Crippen LogP contribution >= 0.6 is 0 Å². The number of fused-ring (bicyclic) bond motifs is 1. The summed E-state index contributed by atoms with van der Waals surface area (Å²) in [6.45, 7) is 11.6. The van der Waals surface area contributed by atoms with Gasteiger partial charge in [-0.05, 0) is 72.9 Å². The molecule has 1 atom stereocenters. The van der Waals surface area contributed by atoms with Crippen LogP contribution in [-0.2, 0) is 19.3 Å². The van der Waals surface area contributed by atoms with Gasteiger partial charge in [-0.15, -0.1) is 0 Å². The van der Waals surface area contributed by atoms with Crippen LogP contribution in [0.5, 0.6) is 28.7 Å². The number of carbonyl (C=O) groups is 1. The first-order chi connectivity index (χ1) is 16.9. The van der Waals surface area contributed by atoms with Crippen LogP contribution in [-0.4, -0.2) is 26.2 Å². The van der Waals surface area contributed by atoms with Gasteiger partial charge in [0.25, 0.3) is 0 Å². The van der Waals surface area contributed by atoms with Gasteiger partial charge in [0.1, 0.15) is 40.4 Å². The maximum Gasteiger partial charge on any atom is 0.174 e. The van der Waals surface area contributed by atoms with E-state index in [1.54, 1.807) is 0 Å². The van der Waals surface area contributed by atoms with Crippen LogP contribution in [0.4, 0.5) is 0 Å². The Morgan fingerprint density at radius 3 is 1.94 bits per heavy atom. The second kappa shape index (κ2) is 10.9. The van der Waals surface area contributed by atoms with Crippen molar-refractivity contribution in [1.29, 1.82) is 0 Å². The summed E-state index contributed by atoms with van der Waals surface area (Å²) in [4.78, 5) is 13.3. The molecule has 1 aliphatic rings. The first-order valence-electron chi connectivity index (χ1n) is 12.1. The molecule has 6 nitrogen and oxygen atoms in total. The monoisotopic (exact) mass is 492 g/mol. The number of phenols is 4. The summed E-state index contributed by atoms with van der Waals surface area (Å²) in [5.41, 5.74) is 4.69. The van der Waals surface area contributed by atoms with E-state index in [-0.39, 0.29) is 64.1 Å². The van der Waals surface area contributed by atoms with Crippen molar-refractivity contribution in [2.24, 2.45) is 0 Å². The average Bonchev–Trinajstić information content (AvgIpc) is 2.78. The van der Waals surface area contributed by atoms with Crippen molar-refractivity contribution in [2.45, 2.75) is 73.3 Å². The van der Waals surface area contributed by atoms with Crippen molar-refractivity contribution >= 4 is 5.78 Å². The van der Waals surface area contributed by atoms with Gasteiger partial charge in [-0.25, -0.2) is 0 Å². The first kappa shape index (κ1) is 26.9. The van der Waals surface area contributed by atoms with Gasteiger partial charge in [0.15, 0.2) is 5.78 Å². The largest absolute Gasteiger partial charge is 0.508 e. The van der Waals surface area contributed by atoms with E-state index < -0.39 is 6.10 Å². The van der Waals surface area contributed by atoms with Gasteiger partial charge >= 0.3 is 0 Å². The Bertz CT molecular complexity index is 1270. The Hall–Kier alpha value is -3.67. The number of Topliss-reactive ketones (excluding diaryl/α,β-unsaturated/α-hetero) is 1. The van der Waals surface area contributed by atoms with Crippen LogP contribution in [0.25, 0.3) is 0 Å². The highest BCUT2D eigenvalue weighted by Crippen LogP contribution is 2.49. The quantitative estimate of drug-likeness (QED) is 0.252. The van der Waals surface area contributed by atoms with E-state index in [1.165, 1.54) is 12.1 Å². The third-order valence-corrected chi connectivity index (χ3v) is 6.24. The molecule has 192 valence electrons. The van der Waals surface area contributed by atoms with Gasteiger partial charge in [-0.2, -0.15) is 0 Å². The lowest BCUT2D eigenvalue weighted by Gasteiger charge is -2.30. The van der Waals surface area contributed by atoms with Crippen molar-refractivity contribution in [1.82, 2.24) is 0 Å². The number of benzene rings is 2. The number of carbonyl (C=O) groups excluding carboxylic acids is 1. The molecule has 2 aromatic carbocycles. The SMILES string of the molecule is CC(C)=CCc1cc(O)c(C2CC(=O)c3c(O)c(CC=C(C)C)c(O)c(CC=C(C)C)c3O2)cc1O. The van der Waals surface area contributed by atoms with Crippen LogP contribution in [0, 0.1) is 0 Å². The van der Waals surface area contributed by atoms with E-state index >= 15 is 0 Å². The number of allylic oxidation sites excluding steroid dienone is 6. The number of phenolic OH excluding ortho intramolecular Hbond substituents is 4. The highest BCUT2D eigenvalue weighted by atomic mass is 16.5. The number of rotatable bonds is 7. The zero-order valence-corrected chi connectivity index (χ0v) is 21.9. The van der Waals surface area contributed by atoms with Gasteiger partial charge in [0.05, 0.1) is 6.42 Å². The molecule has 0 spiro atoms. The second-order valence-corrected chi connectivity index (χ2v) is 10.1. The highest BCUT2D eigenvalue weighted by Gasteiger charge is 2.36. The van der Waals surface area contributed by atoms with Gasteiger partial charge in [-0.1, -0.05) is 34.9 Å². The predicted molar refractivity (Wildman–Crippen MR) is 141 cm³/mol. The fourth-order valence-electron chi connectivity index (χ4n) is 4.19. The Labute approximate surface area is 212 Å². The summed E-state index contributed by atoms with van der Waals surface area (Å²) < 4.78 is 6.20. The second-order valence-electron chi connectivity index (χ2n) is 10.1. The molecule has 0 aliphatic carbocycles. The smallest absolute Gasteiger partial charge is 0.174 e. The Kier molecular flexibility index (Phi) is 8.18. The molecular formula is C30H36O6. The predicted octanol–water partition coefficient (Wildman–Crippen LogP) is 6.74. The van der Waals surface area contributed by atoms with Crippen LogP contribution in [0.1, 0.15) is 86.7 Å². The molecule has 0 saturated carbocycles. The summed E-state index contributed by atoms with van der Waals surface area (Å²) >= 11 is 0. The topological polar surface area (TPSA) is 107 Å². The molecule has 0 fully saturated rings. The first-order valence-corrected chi connectivity index (χ1v) is 12.1. The van der Waals surface area contributed by atoms with E-state index in [0.717, 1.165) is 16.7 Å². The van der Waals surface area contributed by atoms with Crippen molar-refractivity contribution in [2.75, 3.05) is 0 Å². The number of ether oxygens (including phenoxy) is 1. The van der Waals surface area contributed by atoms with Crippen LogP contribution in [0.15, 0.2) is 47.1 Å². The number of hydrogen-bond acceptors (Lipinski definition) is 6. The molecule has 0 aromatic heterocycles. The minimum atomic E-state index is -0.888. The summed E-state index contributed by atoms with van der Waals surface area (Å²) in [5, 5.41) is 43.4. The summed E-state index contributed by atoms with van der Waals surface area (Å²) in [5.74, 6) is -0.743. The summed E-state index contributed by atoms with van der Waals surface area (Å²) in [7, 11) is 0. The van der Waals surface area contributed by atoms with Crippen molar-refractivity contribution in [3.8, 4) is 28.7 Å². The molecular weight excluding hydrogens is 456 g/mol. The molecule has 1 heterocycles. The maximum absolute atomic E-state index is 13.3. The molecule has 0 radical (unpaired) electrons. The molecule has 1 aliphatic heterocycles. The van der Waals surface area contributed by atoms with Crippen LogP contribution in [0.2, 0.25) is 0 Å². The minimum Gasteiger partial charge on any atom is -0.508 e. The summed E-state index contributed by atoms with van der Waals surface area (Å²) in [6.07, 6.45) is 5.75. The maximum atomic E-state index is 13.3. The normalized spacial score (nSPS) is 14.5. The lowest BCUT2D eigenvalue weighted by Crippen LogP contribution is -2.22. The zero-order chi connectivity index (χ0) is 26.7. The summed E-state index contributed by atoms with van der Waals surface area (Å²) in [6, 6.07) is 2.90. The molecule has 6 heteroatoms. The zero-order valence-electron chi connectivity index (χ0n) is 21.9. The van der Waals surface area contributed by atoms with E-state index in [2.05, 4.69) is 0 Å². The number of ketones is 1. The molecule has 1 unspecified atom stereocenters. The molecule has 0 saturated heterocycles. The van der Waals surface area contributed by atoms with Gasteiger partial charge in [-0.3, -0.25) is 4.79 Å². The third kappa shape index (κ3) is 5.76. The lowest BCUT2D eigenvalue weighted by atomic mass is 9.88. The van der Waals surface area contributed by atoms with E-state index in [4.69, 9.17) is 4.74 Å². The van der Waals surface area contributed by atoms with Gasteiger partial charge < -0.3 is 25.2 Å². The fourth-order valence-corrected chi connectivity index (χ4v) is 4.19. The minimum absolute atomic E-state index is 0.00493. The van der Waals surface area contributed by atoms with E-state index in [0.29, 0.717) is 24.0 Å². The third-order valence-electron chi connectivity index (χ3n) is 6.24. The van der Waals surface area contributed by atoms with Gasteiger partial charge in [0.2, 0.25) is 0 Å². The van der Waals surface area contributed by atoms with Crippen LogP contribution < -0.4 is 4.74 Å². The van der Waals surface area contributed by atoms with E-state index in [1.807, 2.05) is 59.8 Å². The van der Waals surface area contributed by atoms with Crippen molar-refractivity contribution in [3.05, 3.63) is 74.9 Å². The standard InChI is InChI=1S/C30H36O6/c1-16(2)7-10-19-13-24(32)22(14-23(19)31)26-15-25(33)27-29(35)20(11-8-17(3)4)28(34)21(30(27)36-26)12-9-18(5)6/h7-9,13-14,26,31-32,34-35H,10-12,15H2,1-6H3. The number of hydrogen-bond donors (Lipinski definition) is 4. The van der Waals surface area contributed by atoms with E-state index in [9.17, 15) is 25.2 Å². The molecule has 3 rings (SSSR count). The highest BCUT2D eigenvalue weighted by molar-refractivity contribution is 6.04. The fraction of sp³-hybridized carbons (Fsp3) is 0.367. The Morgan fingerprint density at radius 2 is 1.36 bits per heavy atom.